The number of hydrogen-bond acceptors (Lipinski definition) is 4. The number of benzene rings is 1. The number of rotatable bonds is 6. The summed E-state index contributed by atoms with van der Waals surface area (Å²) in [7, 11) is 1.69. The van der Waals surface area contributed by atoms with Crippen LogP contribution in [0.2, 0.25) is 0 Å². The van der Waals surface area contributed by atoms with Crippen LogP contribution in [-0.2, 0) is 20.7 Å². The van der Waals surface area contributed by atoms with Crippen molar-refractivity contribution in [2.45, 2.75) is 118 Å². The Hall–Kier alpha value is -2.04. The number of carbonyl (C=O) groups excluding carboxylic acids is 2. The summed E-state index contributed by atoms with van der Waals surface area (Å²) < 4.78 is 11.2. The summed E-state index contributed by atoms with van der Waals surface area (Å²) in [6.45, 7) is 12.3. The Balaban J connectivity index is 1.16. The normalized spacial score (nSPS) is 41.9. The maximum atomic E-state index is 14.0. The zero-order valence-electron chi connectivity index (χ0n) is 27.1. The van der Waals surface area contributed by atoms with Gasteiger partial charge in [0.25, 0.3) is 0 Å². The molecular weight excluding hydrogens is 522 g/mol. The topological polar surface area (TPSA) is 64.6 Å². The van der Waals surface area contributed by atoms with E-state index in [2.05, 4.69) is 45.1 Å². The number of fused-ring (bicyclic) bond motifs is 7. The lowest BCUT2D eigenvalue weighted by Gasteiger charge is -2.69. The molecule has 0 bridgehead atoms. The van der Waals surface area contributed by atoms with E-state index >= 15 is 0 Å². The first-order valence-electron chi connectivity index (χ1n) is 17.0. The van der Waals surface area contributed by atoms with Gasteiger partial charge in [0, 0.05) is 18.9 Å². The minimum Gasteiger partial charge on any atom is -0.497 e. The highest BCUT2D eigenvalue weighted by Gasteiger charge is 2.67. The van der Waals surface area contributed by atoms with Gasteiger partial charge in [-0.15, -0.1) is 0 Å². The molecule has 0 aromatic heterocycles. The molecule has 1 aromatic rings. The Morgan fingerprint density at radius 2 is 1.57 bits per heavy atom. The first kappa shape index (κ1) is 30.0. The summed E-state index contributed by atoms with van der Waals surface area (Å²) in [4.78, 5) is 25.9. The van der Waals surface area contributed by atoms with E-state index in [1.807, 2.05) is 12.1 Å². The maximum absolute atomic E-state index is 14.0. The monoisotopic (exact) mass is 577 g/mol. The van der Waals surface area contributed by atoms with Crippen molar-refractivity contribution < 1.29 is 19.1 Å². The zero-order valence-corrected chi connectivity index (χ0v) is 27.1. The highest BCUT2D eigenvalue weighted by atomic mass is 16.5. The number of methoxy groups -OCH3 is 1. The Labute approximate surface area is 254 Å². The van der Waals surface area contributed by atoms with Gasteiger partial charge in [-0.05, 0) is 129 Å². The van der Waals surface area contributed by atoms with Crippen molar-refractivity contribution >= 4 is 11.9 Å². The molecule has 5 nitrogen and oxygen atoms in total. The molecule has 1 N–H and O–H groups in total. The molecule has 0 radical (unpaired) electrons. The van der Waals surface area contributed by atoms with Gasteiger partial charge in [0.1, 0.15) is 11.9 Å². The van der Waals surface area contributed by atoms with Gasteiger partial charge in [-0.2, -0.15) is 0 Å². The molecule has 1 amide bonds. The van der Waals surface area contributed by atoms with Crippen LogP contribution in [0.25, 0.3) is 0 Å². The third kappa shape index (κ3) is 4.62. The second-order valence-electron chi connectivity index (χ2n) is 16.0. The average molecular weight is 578 g/mol. The van der Waals surface area contributed by atoms with Crippen LogP contribution in [0.15, 0.2) is 24.3 Å². The quantitative estimate of drug-likeness (QED) is 0.351. The molecule has 5 aliphatic rings. The zero-order chi connectivity index (χ0) is 29.9. The molecule has 9 atom stereocenters. The van der Waals surface area contributed by atoms with Crippen LogP contribution in [-0.4, -0.2) is 31.6 Å². The lowest BCUT2D eigenvalue weighted by Crippen LogP contribution is -2.64. The molecule has 0 spiro atoms. The summed E-state index contributed by atoms with van der Waals surface area (Å²) in [5.74, 6) is 4.33. The van der Waals surface area contributed by atoms with E-state index in [4.69, 9.17) is 9.47 Å². The average Bonchev–Trinajstić information content (AvgIpc) is 3.41. The van der Waals surface area contributed by atoms with Crippen molar-refractivity contribution in [1.29, 1.82) is 0 Å². The van der Waals surface area contributed by atoms with E-state index in [1.165, 1.54) is 56.9 Å². The third-order valence-corrected chi connectivity index (χ3v) is 14.1. The lowest BCUT2D eigenvalue weighted by molar-refractivity contribution is -0.220. The van der Waals surface area contributed by atoms with Crippen molar-refractivity contribution in [3.05, 3.63) is 29.8 Å². The molecule has 42 heavy (non-hydrogen) atoms. The van der Waals surface area contributed by atoms with Crippen LogP contribution < -0.4 is 10.1 Å². The molecule has 0 saturated heterocycles. The van der Waals surface area contributed by atoms with E-state index in [-0.39, 0.29) is 22.9 Å². The molecule has 5 saturated carbocycles. The fraction of sp³-hybridized carbons (Fsp3) is 0.784. The van der Waals surface area contributed by atoms with Crippen LogP contribution >= 0.6 is 0 Å². The van der Waals surface area contributed by atoms with Gasteiger partial charge in [-0.1, -0.05) is 46.2 Å². The number of carbonyl (C=O) groups is 2. The lowest BCUT2D eigenvalue weighted by atomic mass is 9.36. The molecular formula is C37H55NO4. The van der Waals surface area contributed by atoms with Gasteiger partial charge in [0.05, 0.1) is 12.5 Å². The first-order valence-corrected chi connectivity index (χ1v) is 17.0. The number of ether oxygens (including phenoxy) is 2. The van der Waals surface area contributed by atoms with Crippen molar-refractivity contribution in [2.75, 3.05) is 13.7 Å². The van der Waals surface area contributed by atoms with Crippen LogP contribution in [0.1, 0.15) is 111 Å². The fourth-order valence-electron chi connectivity index (χ4n) is 12.3. The molecule has 0 heterocycles. The second kappa shape index (κ2) is 10.8. The van der Waals surface area contributed by atoms with Gasteiger partial charge < -0.3 is 14.8 Å². The summed E-state index contributed by atoms with van der Waals surface area (Å²) >= 11 is 0. The molecule has 0 aliphatic heterocycles. The molecule has 5 aliphatic carbocycles. The fourth-order valence-corrected chi connectivity index (χ4v) is 12.3. The second-order valence-corrected chi connectivity index (χ2v) is 16.0. The van der Waals surface area contributed by atoms with Crippen molar-refractivity contribution in [2.24, 2.45) is 51.2 Å². The molecule has 5 heteroatoms. The largest absolute Gasteiger partial charge is 0.497 e. The third-order valence-electron chi connectivity index (χ3n) is 14.1. The molecule has 232 valence electrons. The van der Waals surface area contributed by atoms with Gasteiger partial charge >= 0.3 is 5.97 Å². The van der Waals surface area contributed by atoms with Crippen molar-refractivity contribution in [1.82, 2.24) is 5.32 Å². The first-order chi connectivity index (χ1) is 20.0. The molecule has 9 unspecified atom stereocenters. The van der Waals surface area contributed by atoms with Crippen LogP contribution in [0, 0.1) is 51.2 Å². The molecule has 1 aromatic carbocycles. The van der Waals surface area contributed by atoms with E-state index in [0.29, 0.717) is 41.0 Å². The van der Waals surface area contributed by atoms with E-state index in [1.54, 1.807) is 14.0 Å². The van der Waals surface area contributed by atoms with Gasteiger partial charge in [-0.3, -0.25) is 9.59 Å². The summed E-state index contributed by atoms with van der Waals surface area (Å²) in [5.41, 5.74) is 1.73. The van der Waals surface area contributed by atoms with Crippen LogP contribution in [0.5, 0.6) is 5.75 Å². The highest BCUT2D eigenvalue weighted by Crippen LogP contribution is 2.73. The van der Waals surface area contributed by atoms with Gasteiger partial charge in [-0.25, -0.2) is 0 Å². The Morgan fingerprint density at radius 1 is 0.833 bits per heavy atom. The predicted molar refractivity (Wildman–Crippen MR) is 166 cm³/mol. The van der Waals surface area contributed by atoms with E-state index in [9.17, 15) is 9.59 Å². The maximum Gasteiger partial charge on any atom is 0.302 e. The van der Waals surface area contributed by atoms with Crippen LogP contribution in [0.4, 0.5) is 0 Å². The summed E-state index contributed by atoms with van der Waals surface area (Å²) in [6.07, 6.45) is 13.9. The highest BCUT2D eigenvalue weighted by molar-refractivity contribution is 5.83. The Morgan fingerprint density at radius 3 is 2.29 bits per heavy atom. The standard InChI is InChI=1S/C37H55NO4/c1-24(39)42-32-17-21-36(5)30(34(32,2)3)16-20-35(4)28-15-22-37(19-7-8-29(37)27(28)13-14-31(35)36)33(40)38-23-18-25-9-11-26(41-6)12-10-25/h9-12,27-32H,7-8,13-23H2,1-6H3,(H,38,40). The Bertz CT molecular complexity index is 1180. The summed E-state index contributed by atoms with van der Waals surface area (Å²) in [6, 6.07) is 8.21. The minimum atomic E-state index is -0.157. The van der Waals surface area contributed by atoms with Crippen molar-refractivity contribution in [3.8, 4) is 5.75 Å². The molecule has 5 fully saturated rings. The number of amides is 1. The van der Waals surface area contributed by atoms with Gasteiger partial charge in [0.2, 0.25) is 5.91 Å². The predicted octanol–water partition coefficient (Wildman–Crippen LogP) is 7.75. The minimum absolute atomic E-state index is 0.00786. The smallest absolute Gasteiger partial charge is 0.302 e. The SMILES string of the molecule is COc1ccc(CCNC(=O)C23CCCC2C2CCC4C(C)(CCC5C(C)(C)C(OC(C)=O)CCC54C)C2CC3)cc1. The Kier molecular flexibility index (Phi) is 7.75. The number of nitrogens with one attached hydrogen (secondary N) is 1. The summed E-state index contributed by atoms with van der Waals surface area (Å²) in [5, 5.41) is 3.42. The van der Waals surface area contributed by atoms with Crippen LogP contribution in [0.3, 0.4) is 0 Å². The van der Waals surface area contributed by atoms with E-state index < -0.39 is 0 Å². The molecule has 6 rings (SSSR count). The number of esters is 1. The van der Waals surface area contributed by atoms with E-state index in [0.717, 1.165) is 43.3 Å². The van der Waals surface area contributed by atoms with Crippen molar-refractivity contribution in [3.63, 3.8) is 0 Å². The van der Waals surface area contributed by atoms with Gasteiger partial charge in [0.15, 0.2) is 0 Å². The number of hydrogen-bond donors (Lipinski definition) is 1.